The van der Waals surface area contributed by atoms with Gasteiger partial charge in [-0.15, -0.1) is 0 Å². The first-order chi connectivity index (χ1) is 16.8. The topological polar surface area (TPSA) is 90.9 Å². The van der Waals surface area contributed by atoms with Crippen LogP contribution >= 0.6 is 11.6 Å². The fraction of sp³-hybridized carbons (Fsp3) is 0.185. The van der Waals surface area contributed by atoms with Gasteiger partial charge in [0.2, 0.25) is 18.0 Å². The predicted octanol–water partition coefficient (Wildman–Crippen LogP) is 3.34. The van der Waals surface area contributed by atoms with E-state index in [0.717, 1.165) is 16.7 Å². The van der Waals surface area contributed by atoms with Crippen molar-refractivity contribution in [3.63, 3.8) is 0 Å². The van der Waals surface area contributed by atoms with Gasteiger partial charge in [-0.3, -0.25) is 14.4 Å². The predicted molar refractivity (Wildman–Crippen MR) is 137 cm³/mol. The van der Waals surface area contributed by atoms with Gasteiger partial charge in [0.25, 0.3) is 5.91 Å². The first kappa shape index (κ1) is 24.2. The highest BCUT2D eigenvalue weighted by molar-refractivity contribution is 6.30. The highest BCUT2D eigenvalue weighted by Crippen LogP contribution is 2.27. The highest BCUT2D eigenvalue weighted by Gasteiger charge is 2.32. The maximum absolute atomic E-state index is 13.2. The van der Waals surface area contributed by atoms with Gasteiger partial charge >= 0.3 is 0 Å². The van der Waals surface area contributed by atoms with Crippen LogP contribution in [0.5, 0.6) is 0 Å². The molecule has 3 aromatic carbocycles. The lowest BCUT2D eigenvalue weighted by molar-refractivity contribution is -0.130. The number of anilines is 1. The number of benzene rings is 3. The second-order valence-electron chi connectivity index (χ2n) is 8.26. The molecule has 0 bridgehead atoms. The molecule has 0 radical (unpaired) electrons. The van der Waals surface area contributed by atoms with Gasteiger partial charge in [-0.25, -0.2) is 4.99 Å². The molecule has 2 atom stereocenters. The minimum absolute atomic E-state index is 0.103. The first-order valence-corrected chi connectivity index (χ1v) is 11.6. The maximum Gasteiger partial charge on any atom is 0.272 e. The molecular formula is C27H25ClN4O3. The Bertz CT molecular complexity index is 1280. The molecule has 35 heavy (non-hydrogen) atoms. The van der Waals surface area contributed by atoms with E-state index in [1.165, 1.54) is 4.90 Å². The van der Waals surface area contributed by atoms with E-state index in [1.54, 1.807) is 38.2 Å². The number of benzodiazepines with no additional fused rings is 1. The molecule has 7 nitrogen and oxygen atoms in total. The molecular weight excluding hydrogens is 464 g/mol. The number of fused-ring (bicyclic) bond motifs is 1. The molecule has 2 N–H and O–H groups in total. The molecule has 3 amide bonds. The Kier molecular flexibility index (Phi) is 7.27. The lowest BCUT2D eigenvalue weighted by Crippen LogP contribution is -2.52. The molecule has 4 rings (SSSR count). The molecule has 1 aliphatic rings. The lowest BCUT2D eigenvalue weighted by Gasteiger charge is -2.22. The number of aliphatic imine (C=N–C) groups is 1. The summed E-state index contributed by atoms with van der Waals surface area (Å²) in [5, 5.41) is 5.96. The van der Waals surface area contributed by atoms with E-state index >= 15 is 0 Å². The molecule has 0 saturated carbocycles. The molecule has 0 fully saturated rings. The average Bonchev–Trinajstić information content (AvgIpc) is 2.96. The number of nitrogens with one attached hydrogen (secondary N) is 2. The minimum atomic E-state index is -1.15. The van der Waals surface area contributed by atoms with Gasteiger partial charge in [-0.05, 0) is 30.7 Å². The maximum atomic E-state index is 13.2. The largest absolute Gasteiger partial charge is 0.344 e. The number of carbonyl (C=O) groups excluding carboxylic acids is 3. The van der Waals surface area contributed by atoms with Crippen LogP contribution in [0.2, 0.25) is 5.02 Å². The van der Waals surface area contributed by atoms with Crippen molar-refractivity contribution >= 4 is 40.7 Å². The van der Waals surface area contributed by atoms with Crippen LogP contribution in [0.4, 0.5) is 5.69 Å². The Labute approximate surface area is 208 Å². The molecule has 3 aromatic rings. The van der Waals surface area contributed by atoms with Crippen LogP contribution in [-0.2, 0) is 20.8 Å². The van der Waals surface area contributed by atoms with Crippen molar-refractivity contribution in [2.75, 3.05) is 11.9 Å². The molecule has 0 aliphatic carbocycles. The zero-order valence-corrected chi connectivity index (χ0v) is 20.1. The van der Waals surface area contributed by atoms with Gasteiger partial charge < -0.3 is 15.5 Å². The second-order valence-corrected chi connectivity index (χ2v) is 8.70. The number of hydrogen-bond acceptors (Lipinski definition) is 4. The van der Waals surface area contributed by atoms with E-state index in [-0.39, 0.29) is 18.2 Å². The van der Waals surface area contributed by atoms with E-state index in [2.05, 4.69) is 15.6 Å². The van der Waals surface area contributed by atoms with Crippen LogP contribution in [0.3, 0.4) is 0 Å². The van der Waals surface area contributed by atoms with Crippen molar-refractivity contribution < 1.29 is 14.4 Å². The number of hydrogen-bond donors (Lipinski definition) is 2. The summed E-state index contributed by atoms with van der Waals surface area (Å²) in [6.45, 7) is 1.57. The van der Waals surface area contributed by atoms with Crippen LogP contribution in [0.25, 0.3) is 0 Å². The summed E-state index contributed by atoms with van der Waals surface area (Å²) in [4.78, 5) is 44.8. The average molecular weight is 489 g/mol. The number of amides is 3. The Balaban J connectivity index is 1.53. The molecule has 0 unspecified atom stereocenters. The Hall–Kier alpha value is -3.97. The standard InChI is InChI=1S/C27H25ClN4O3/c1-17(29-23(33)16-18-12-14-20(28)15-13-18)26(34)31-25-27(35)32(2)22-11-7-6-10-21(22)24(30-25)19-8-4-3-5-9-19/h3-15,17,25H,16H2,1-2H3,(H,29,33)(H,31,34)/t17-,25+/m0/s1. The van der Waals surface area contributed by atoms with Crippen LogP contribution in [-0.4, -0.2) is 42.7 Å². The Morgan fingerprint density at radius 2 is 1.66 bits per heavy atom. The van der Waals surface area contributed by atoms with Crippen LogP contribution in [0.15, 0.2) is 83.9 Å². The van der Waals surface area contributed by atoms with Gasteiger partial charge in [0.05, 0.1) is 17.8 Å². The van der Waals surface area contributed by atoms with Gasteiger partial charge in [-0.1, -0.05) is 72.3 Å². The molecule has 178 valence electrons. The fourth-order valence-electron chi connectivity index (χ4n) is 3.85. The third-order valence-corrected chi connectivity index (χ3v) is 5.97. The summed E-state index contributed by atoms with van der Waals surface area (Å²) in [6, 6.07) is 23.0. The number of nitrogens with zero attached hydrogens (tertiary/aromatic N) is 2. The van der Waals surface area contributed by atoms with Crippen molar-refractivity contribution in [1.82, 2.24) is 10.6 Å². The third kappa shape index (κ3) is 5.58. The summed E-state index contributed by atoms with van der Waals surface area (Å²) < 4.78 is 0. The number of likely N-dealkylation sites (N-methyl/N-ethyl adjacent to an activating group) is 1. The Morgan fingerprint density at radius 3 is 2.37 bits per heavy atom. The van der Waals surface area contributed by atoms with E-state index in [0.29, 0.717) is 16.4 Å². The lowest BCUT2D eigenvalue weighted by atomic mass is 10.0. The van der Waals surface area contributed by atoms with Crippen molar-refractivity contribution in [2.45, 2.75) is 25.6 Å². The Morgan fingerprint density at radius 1 is 1.00 bits per heavy atom. The van der Waals surface area contributed by atoms with Gasteiger partial charge in [0.1, 0.15) is 6.04 Å². The van der Waals surface area contributed by atoms with Crippen LogP contribution in [0.1, 0.15) is 23.6 Å². The molecule has 1 heterocycles. The van der Waals surface area contributed by atoms with E-state index in [9.17, 15) is 14.4 Å². The van der Waals surface area contributed by atoms with Crippen molar-refractivity contribution in [2.24, 2.45) is 4.99 Å². The summed E-state index contributed by atoms with van der Waals surface area (Å²) in [5.41, 5.74) is 3.68. The van der Waals surface area contributed by atoms with Gasteiger partial charge in [0.15, 0.2) is 0 Å². The molecule has 0 aromatic heterocycles. The monoisotopic (exact) mass is 488 g/mol. The number of para-hydroxylation sites is 1. The van der Waals surface area contributed by atoms with E-state index in [4.69, 9.17) is 11.6 Å². The smallest absolute Gasteiger partial charge is 0.272 e. The summed E-state index contributed by atoms with van der Waals surface area (Å²) in [7, 11) is 1.65. The van der Waals surface area contributed by atoms with Gasteiger partial charge in [-0.2, -0.15) is 0 Å². The third-order valence-electron chi connectivity index (χ3n) is 5.72. The first-order valence-electron chi connectivity index (χ1n) is 11.2. The number of halogens is 1. The minimum Gasteiger partial charge on any atom is -0.344 e. The quantitative estimate of drug-likeness (QED) is 0.557. The van der Waals surface area contributed by atoms with E-state index in [1.807, 2.05) is 54.6 Å². The van der Waals surface area contributed by atoms with Crippen molar-refractivity contribution in [3.05, 3.63) is 101 Å². The number of carbonyl (C=O) groups is 3. The zero-order valence-electron chi connectivity index (χ0n) is 19.4. The number of rotatable bonds is 6. The summed E-state index contributed by atoms with van der Waals surface area (Å²) in [6.07, 6.45) is -1.04. The normalized spacial score (nSPS) is 16.0. The van der Waals surface area contributed by atoms with Gasteiger partial charge in [0, 0.05) is 23.2 Å². The van der Waals surface area contributed by atoms with Crippen molar-refractivity contribution in [1.29, 1.82) is 0 Å². The summed E-state index contributed by atoms with van der Waals surface area (Å²) >= 11 is 5.88. The second kappa shape index (κ2) is 10.5. The fourth-order valence-corrected chi connectivity index (χ4v) is 3.97. The van der Waals surface area contributed by atoms with Crippen LogP contribution in [0, 0.1) is 0 Å². The SMILES string of the molecule is C[C@H](NC(=O)Cc1ccc(Cl)cc1)C(=O)N[C@H]1N=C(c2ccccc2)c2ccccc2N(C)C1=O. The van der Waals surface area contributed by atoms with Crippen molar-refractivity contribution in [3.8, 4) is 0 Å². The van der Waals surface area contributed by atoms with Crippen LogP contribution < -0.4 is 15.5 Å². The molecule has 0 saturated heterocycles. The van der Waals surface area contributed by atoms with E-state index < -0.39 is 18.1 Å². The summed E-state index contributed by atoms with van der Waals surface area (Å²) in [5.74, 6) is -1.21. The molecule has 8 heteroatoms. The molecule has 0 spiro atoms. The highest BCUT2D eigenvalue weighted by atomic mass is 35.5. The zero-order chi connectivity index (χ0) is 24.9. The molecule has 1 aliphatic heterocycles.